The minimum Gasteiger partial charge on any atom is -0.493 e. The molecule has 0 radical (unpaired) electrons. The predicted molar refractivity (Wildman–Crippen MR) is 115 cm³/mol. The first-order valence-corrected chi connectivity index (χ1v) is 10.6. The molecule has 0 bridgehead atoms. The monoisotopic (exact) mass is 402 g/mol. The highest BCUT2D eigenvalue weighted by molar-refractivity contribution is 5.80. The van der Waals surface area contributed by atoms with Crippen molar-refractivity contribution in [2.75, 3.05) is 40.9 Å². The molecule has 29 heavy (non-hydrogen) atoms. The van der Waals surface area contributed by atoms with E-state index in [-0.39, 0.29) is 0 Å². The van der Waals surface area contributed by atoms with Gasteiger partial charge in [0.15, 0.2) is 17.5 Å². The second-order valence-electron chi connectivity index (χ2n) is 7.66. The quantitative estimate of drug-likeness (QED) is 0.561. The first kappa shape index (κ1) is 21.3. The molecular weight excluding hydrogens is 368 g/mol. The van der Waals surface area contributed by atoms with E-state index >= 15 is 0 Å². The smallest absolute Gasteiger partial charge is 0.222 e. The number of fused-ring (bicyclic) bond motifs is 1. The van der Waals surface area contributed by atoms with E-state index in [2.05, 4.69) is 39.2 Å². The topological polar surface area (TPSA) is 66.4 Å². The molecule has 1 N–H and O–H groups in total. The molecule has 1 saturated heterocycles. The van der Waals surface area contributed by atoms with Gasteiger partial charge in [0, 0.05) is 45.7 Å². The van der Waals surface area contributed by atoms with E-state index in [1.54, 1.807) is 14.2 Å². The number of aliphatic imine (C=N–C) groups is 1. The minimum atomic E-state index is 0.304. The summed E-state index contributed by atoms with van der Waals surface area (Å²) in [7, 11) is 5.17. The second kappa shape index (κ2) is 9.85. The maximum atomic E-state index is 12.0. The molecule has 2 aliphatic heterocycles. The van der Waals surface area contributed by atoms with Gasteiger partial charge < -0.3 is 24.6 Å². The number of rotatable bonds is 7. The Kier molecular flexibility index (Phi) is 7.23. The molecule has 1 fully saturated rings. The lowest BCUT2D eigenvalue weighted by molar-refractivity contribution is -0.129. The summed E-state index contributed by atoms with van der Waals surface area (Å²) >= 11 is 0. The molecule has 0 aromatic heterocycles. The largest absolute Gasteiger partial charge is 0.493 e. The van der Waals surface area contributed by atoms with Crippen molar-refractivity contribution in [1.29, 1.82) is 0 Å². The minimum absolute atomic E-state index is 0.304. The van der Waals surface area contributed by atoms with Crippen LogP contribution in [-0.4, -0.2) is 68.6 Å². The summed E-state index contributed by atoms with van der Waals surface area (Å²) in [4.78, 5) is 20.9. The van der Waals surface area contributed by atoms with Crippen LogP contribution < -0.4 is 14.8 Å². The molecule has 160 valence electrons. The summed E-state index contributed by atoms with van der Waals surface area (Å²) in [5.41, 5.74) is 2.54. The van der Waals surface area contributed by atoms with Gasteiger partial charge in [0.25, 0.3) is 0 Å². The van der Waals surface area contributed by atoms with Gasteiger partial charge in [0.05, 0.1) is 14.2 Å². The van der Waals surface area contributed by atoms with Gasteiger partial charge in [-0.15, -0.1) is 0 Å². The van der Waals surface area contributed by atoms with Gasteiger partial charge in [-0.1, -0.05) is 6.92 Å². The van der Waals surface area contributed by atoms with Gasteiger partial charge in [0.1, 0.15) is 0 Å². The van der Waals surface area contributed by atoms with Gasteiger partial charge >= 0.3 is 0 Å². The van der Waals surface area contributed by atoms with Crippen LogP contribution in [0.15, 0.2) is 17.1 Å². The van der Waals surface area contributed by atoms with Crippen molar-refractivity contribution in [1.82, 2.24) is 15.1 Å². The van der Waals surface area contributed by atoms with Gasteiger partial charge in [-0.25, -0.2) is 0 Å². The third-order valence-electron chi connectivity index (χ3n) is 6.01. The first-order valence-electron chi connectivity index (χ1n) is 10.6. The summed E-state index contributed by atoms with van der Waals surface area (Å²) in [6.07, 6.45) is 4.57. The van der Waals surface area contributed by atoms with Crippen LogP contribution in [0.25, 0.3) is 0 Å². The number of carbonyl (C=O) groups excluding carboxylic acids is 1. The number of methoxy groups -OCH3 is 2. The van der Waals surface area contributed by atoms with Gasteiger partial charge in [-0.2, -0.15) is 0 Å². The Morgan fingerprint density at radius 1 is 1.17 bits per heavy atom. The second-order valence-corrected chi connectivity index (χ2v) is 7.66. The number of hydrogen-bond donors (Lipinski definition) is 1. The van der Waals surface area contributed by atoms with E-state index in [1.807, 2.05) is 7.05 Å². The summed E-state index contributed by atoms with van der Waals surface area (Å²) in [5.74, 6) is 2.76. The number of benzene rings is 1. The van der Waals surface area contributed by atoms with Crippen LogP contribution in [0.1, 0.15) is 43.7 Å². The molecule has 7 nitrogen and oxygen atoms in total. The highest BCUT2D eigenvalue weighted by atomic mass is 16.5. The van der Waals surface area contributed by atoms with E-state index in [0.717, 1.165) is 69.3 Å². The lowest BCUT2D eigenvalue weighted by Gasteiger charge is -2.33. The Balaban J connectivity index is 1.59. The zero-order valence-electron chi connectivity index (χ0n) is 18.2. The first-order chi connectivity index (χ1) is 14.1. The van der Waals surface area contributed by atoms with Crippen molar-refractivity contribution < 1.29 is 14.3 Å². The fourth-order valence-corrected chi connectivity index (χ4v) is 4.38. The van der Waals surface area contributed by atoms with E-state index in [0.29, 0.717) is 18.4 Å². The maximum absolute atomic E-state index is 12.0. The fourth-order valence-electron chi connectivity index (χ4n) is 4.38. The fraction of sp³-hybridized carbons (Fsp3) is 0.636. The van der Waals surface area contributed by atoms with Crippen LogP contribution in [0.5, 0.6) is 11.5 Å². The number of nitrogens with zero attached hydrogens (tertiary/aromatic N) is 3. The van der Waals surface area contributed by atoms with Crippen molar-refractivity contribution in [3.05, 3.63) is 23.3 Å². The Morgan fingerprint density at radius 2 is 1.90 bits per heavy atom. The molecule has 1 aromatic rings. The zero-order chi connectivity index (χ0) is 20.8. The van der Waals surface area contributed by atoms with Crippen molar-refractivity contribution in [3.8, 4) is 11.5 Å². The number of amides is 1. The molecule has 0 aliphatic carbocycles. The summed E-state index contributed by atoms with van der Waals surface area (Å²) < 4.78 is 10.9. The molecule has 1 atom stereocenters. The highest BCUT2D eigenvalue weighted by Gasteiger charge is 2.27. The molecule has 1 unspecified atom stereocenters. The standard InChI is InChI=1S/C22H34N4O3/c1-5-18(26-11-6-7-21(26)27)8-10-24-22(23-2)25-12-9-16-13-19(28-3)20(29-4)14-17(16)15-25/h13-14,18H,5-12,15H2,1-4H3,(H,23,24). The molecular formula is C22H34N4O3. The highest BCUT2D eigenvalue weighted by Crippen LogP contribution is 2.33. The lowest BCUT2D eigenvalue weighted by Crippen LogP contribution is -2.45. The third kappa shape index (κ3) is 4.77. The lowest BCUT2D eigenvalue weighted by atomic mass is 9.99. The average molecular weight is 403 g/mol. The Bertz CT molecular complexity index is 750. The van der Waals surface area contributed by atoms with Gasteiger partial charge in [-0.05, 0) is 48.9 Å². The van der Waals surface area contributed by atoms with Crippen molar-refractivity contribution >= 4 is 11.9 Å². The average Bonchev–Trinajstić information content (AvgIpc) is 3.18. The summed E-state index contributed by atoms with van der Waals surface area (Å²) in [6.45, 7) is 5.57. The van der Waals surface area contributed by atoms with E-state index in [1.165, 1.54) is 11.1 Å². The van der Waals surface area contributed by atoms with E-state index in [4.69, 9.17) is 9.47 Å². The molecule has 3 rings (SSSR count). The van der Waals surface area contributed by atoms with Gasteiger partial charge in [0.2, 0.25) is 5.91 Å². The number of likely N-dealkylation sites (tertiary alicyclic amines) is 1. The zero-order valence-corrected chi connectivity index (χ0v) is 18.2. The molecule has 2 aliphatic rings. The number of ether oxygens (including phenoxy) is 2. The Morgan fingerprint density at radius 3 is 2.48 bits per heavy atom. The van der Waals surface area contributed by atoms with E-state index < -0.39 is 0 Å². The van der Waals surface area contributed by atoms with Crippen molar-refractivity contribution in [2.24, 2.45) is 4.99 Å². The van der Waals surface area contributed by atoms with Crippen LogP contribution in [-0.2, 0) is 17.8 Å². The van der Waals surface area contributed by atoms with Crippen LogP contribution in [0.3, 0.4) is 0 Å². The van der Waals surface area contributed by atoms with Crippen molar-refractivity contribution in [3.63, 3.8) is 0 Å². The molecule has 1 amide bonds. The number of guanidine groups is 1. The SMILES string of the molecule is CCC(CCNC(=NC)N1CCc2cc(OC)c(OC)cc2C1)N1CCCC1=O. The normalized spacial score (nSPS) is 17.9. The molecule has 1 aromatic carbocycles. The van der Waals surface area contributed by atoms with E-state index in [9.17, 15) is 4.79 Å². The van der Waals surface area contributed by atoms with Crippen molar-refractivity contribution in [2.45, 2.75) is 51.6 Å². The summed E-state index contributed by atoms with van der Waals surface area (Å²) in [5, 5.41) is 3.51. The van der Waals surface area contributed by atoms with Crippen LogP contribution in [0.2, 0.25) is 0 Å². The molecule has 2 heterocycles. The van der Waals surface area contributed by atoms with Gasteiger partial charge in [-0.3, -0.25) is 9.79 Å². The Labute approximate surface area is 174 Å². The molecule has 7 heteroatoms. The predicted octanol–water partition coefficient (Wildman–Crippen LogP) is 2.43. The molecule has 0 saturated carbocycles. The third-order valence-corrected chi connectivity index (χ3v) is 6.01. The number of hydrogen-bond acceptors (Lipinski definition) is 4. The van der Waals surface area contributed by atoms with Crippen LogP contribution in [0.4, 0.5) is 0 Å². The van der Waals surface area contributed by atoms with Crippen LogP contribution in [0, 0.1) is 0 Å². The molecule has 0 spiro atoms. The maximum Gasteiger partial charge on any atom is 0.222 e. The number of nitrogens with one attached hydrogen (secondary N) is 1. The van der Waals surface area contributed by atoms with Crippen LogP contribution >= 0.6 is 0 Å². The number of carbonyl (C=O) groups is 1. The summed E-state index contributed by atoms with van der Waals surface area (Å²) in [6, 6.07) is 4.47. The Hall–Kier alpha value is -2.44.